The van der Waals surface area contributed by atoms with Gasteiger partial charge >= 0.3 is 0 Å². The fourth-order valence-electron chi connectivity index (χ4n) is 1.09. The minimum Gasteiger partial charge on any atom is -0.303 e. The molecular formula is C10H7F2NO. The summed E-state index contributed by atoms with van der Waals surface area (Å²) in [5, 5.41) is 8.48. The van der Waals surface area contributed by atoms with Gasteiger partial charge in [-0.25, -0.2) is 8.78 Å². The summed E-state index contributed by atoms with van der Waals surface area (Å²) in [4.78, 5) is 10.0. The summed E-state index contributed by atoms with van der Waals surface area (Å²) in [6.07, 6.45) is 0.993. The van der Waals surface area contributed by atoms with E-state index in [2.05, 4.69) is 0 Å². The zero-order chi connectivity index (χ0) is 10.6. The van der Waals surface area contributed by atoms with Crippen molar-refractivity contribution in [1.82, 2.24) is 0 Å². The minimum atomic E-state index is -0.875. The second-order valence-corrected chi connectivity index (χ2v) is 2.74. The lowest BCUT2D eigenvalue weighted by Crippen LogP contribution is -1.95. The largest absolute Gasteiger partial charge is 0.303 e. The highest BCUT2D eigenvalue weighted by molar-refractivity contribution is 5.50. The van der Waals surface area contributed by atoms with Crippen molar-refractivity contribution in [1.29, 1.82) is 5.26 Å². The Morgan fingerprint density at radius 1 is 1.36 bits per heavy atom. The van der Waals surface area contributed by atoms with Crippen molar-refractivity contribution in [3.8, 4) is 6.07 Å². The van der Waals surface area contributed by atoms with Gasteiger partial charge in [0.05, 0.1) is 5.56 Å². The summed E-state index contributed by atoms with van der Waals surface area (Å²) < 4.78 is 25.8. The molecule has 0 amide bonds. The number of benzene rings is 1. The second kappa shape index (κ2) is 4.47. The SMILES string of the molecule is N#Cc1cc(CCC=O)c(F)cc1F. The number of hydrogen-bond donors (Lipinski definition) is 0. The van der Waals surface area contributed by atoms with Crippen molar-refractivity contribution in [2.45, 2.75) is 12.8 Å². The molecule has 72 valence electrons. The number of aryl methyl sites for hydroxylation is 1. The van der Waals surface area contributed by atoms with Crippen LogP contribution < -0.4 is 0 Å². The van der Waals surface area contributed by atoms with E-state index in [-0.39, 0.29) is 24.0 Å². The van der Waals surface area contributed by atoms with Gasteiger partial charge in [-0.3, -0.25) is 0 Å². The van der Waals surface area contributed by atoms with Crippen molar-refractivity contribution in [3.63, 3.8) is 0 Å². The molecule has 0 aliphatic heterocycles. The lowest BCUT2D eigenvalue weighted by Gasteiger charge is -2.01. The molecule has 0 aromatic heterocycles. The maximum atomic E-state index is 13.0. The normalized spacial score (nSPS) is 9.50. The fourth-order valence-corrected chi connectivity index (χ4v) is 1.09. The van der Waals surface area contributed by atoms with Crippen LogP contribution in [0.4, 0.5) is 8.78 Å². The van der Waals surface area contributed by atoms with E-state index in [1.54, 1.807) is 6.07 Å². The van der Waals surface area contributed by atoms with Crippen LogP contribution in [0.1, 0.15) is 17.5 Å². The highest BCUT2D eigenvalue weighted by Crippen LogP contribution is 2.15. The van der Waals surface area contributed by atoms with Gasteiger partial charge in [-0.05, 0) is 18.1 Å². The van der Waals surface area contributed by atoms with E-state index in [0.717, 1.165) is 6.07 Å². The van der Waals surface area contributed by atoms with Crippen molar-refractivity contribution < 1.29 is 13.6 Å². The van der Waals surface area contributed by atoms with Crippen LogP contribution in [0.25, 0.3) is 0 Å². The predicted molar refractivity (Wildman–Crippen MR) is 45.5 cm³/mol. The number of carbonyl (C=O) groups excluding carboxylic acids is 1. The van der Waals surface area contributed by atoms with Gasteiger partial charge in [0, 0.05) is 12.5 Å². The number of nitrogens with zero attached hydrogens (tertiary/aromatic N) is 1. The third-order valence-electron chi connectivity index (χ3n) is 1.79. The first-order valence-electron chi connectivity index (χ1n) is 4.00. The lowest BCUT2D eigenvalue weighted by molar-refractivity contribution is -0.107. The Kier molecular flexibility index (Phi) is 3.29. The van der Waals surface area contributed by atoms with Gasteiger partial charge in [0.25, 0.3) is 0 Å². The van der Waals surface area contributed by atoms with E-state index in [0.29, 0.717) is 12.4 Å². The average molecular weight is 195 g/mol. The summed E-state index contributed by atoms with van der Waals surface area (Å²) in [7, 11) is 0. The first-order chi connectivity index (χ1) is 6.69. The van der Waals surface area contributed by atoms with E-state index in [1.165, 1.54) is 0 Å². The molecule has 0 atom stereocenters. The summed E-state index contributed by atoms with van der Waals surface area (Å²) in [6.45, 7) is 0. The molecule has 4 heteroatoms. The van der Waals surface area contributed by atoms with E-state index in [9.17, 15) is 13.6 Å². The van der Waals surface area contributed by atoms with Crippen molar-refractivity contribution in [2.75, 3.05) is 0 Å². The molecule has 2 nitrogen and oxygen atoms in total. The predicted octanol–water partition coefficient (Wildman–Crippen LogP) is 1.97. The van der Waals surface area contributed by atoms with E-state index in [1.807, 2.05) is 0 Å². The van der Waals surface area contributed by atoms with Gasteiger partial charge in [-0.15, -0.1) is 0 Å². The van der Waals surface area contributed by atoms with Gasteiger partial charge in [-0.2, -0.15) is 5.26 Å². The Balaban J connectivity index is 3.05. The molecule has 0 saturated carbocycles. The maximum absolute atomic E-state index is 13.0. The van der Waals surface area contributed by atoms with Gasteiger partial charge in [-0.1, -0.05) is 0 Å². The monoisotopic (exact) mass is 195 g/mol. The number of aldehydes is 1. The molecule has 1 aromatic rings. The number of rotatable bonds is 3. The van der Waals surface area contributed by atoms with Crippen LogP contribution in [-0.2, 0) is 11.2 Å². The Morgan fingerprint density at radius 3 is 2.64 bits per heavy atom. The molecule has 1 rings (SSSR count). The van der Waals surface area contributed by atoms with Crippen LogP contribution in [0.3, 0.4) is 0 Å². The van der Waals surface area contributed by atoms with Crippen LogP contribution in [0.15, 0.2) is 12.1 Å². The maximum Gasteiger partial charge on any atom is 0.143 e. The van der Waals surface area contributed by atoms with Crippen LogP contribution in [0.5, 0.6) is 0 Å². The molecule has 0 saturated heterocycles. The Hall–Kier alpha value is -1.76. The molecule has 0 fully saturated rings. The molecule has 0 aliphatic rings. The fraction of sp³-hybridized carbons (Fsp3) is 0.200. The molecule has 0 radical (unpaired) electrons. The summed E-state index contributed by atoms with van der Waals surface area (Å²) in [6, 6.07) is 3.41. The van der Waals surface area contributed by atoms with Crippen molar-refractivity contribution >= 4 is 6.29 Å². The number of halogens is 2. The smallest absolute Gasteiger partial charge is 0.143 e. The second-order valence-electron chi connectivity index (χ2n) is 2.74. The van der Waals surface area contributed by atoms with Crippen LogP contribution in [0.2, 0.25) is 0 Å². The molecule has 0 heterocycles. The number of hydrogen-bond acceptors (Lipinski definition) is 2. The van der Waals surface area contributed by atoms with E-state index < -0.39 is 11.6 Å². The topological polar surface area (TPSA) is 40.9 Å². The molecule has 1 aromatic carbocycles. The standard InChI is InChI=1S/C10H7F2NO/c11-9-5-10(12)8(6-13)4-7(9)2-1-3-14/h3-5H,1-2H2. The summed E-state index contributed by atoms with van der Waals surface area (Å²) >= 11 is 0. The number of carbonyl (C=O) groups is 1. The molecule has 14 heavy (non-hydrogen) atoms. The van der Waals surface area contributed by atoms with Gasteiger partial charge in [0.2, 0.25) is 0 Å². The third kappa shape index (κ3) is 2.13. The van der Waals surface area contributed by atoms with Crippen molar-refractivity contribution in [2.24, 2.45) is 0 Å². The highest BCUT2D eigenvalue weighted by Gasteiger charge is 2.08. The third-order valence-corrected chi connectivity index (χ3v) is 1.79. The average Bonchev–Trinajstić information content (AvgIpc) is 2.17. The van der Waals surface area contributed by atoms with Gasteiger partial charge < -0.3 is 4.79 Å². The first kappa shape index (κ1) is 10.3. The van der Waals surface area contributed by atoms with Crippen LogP contribution in [-0.4, -0.2) is 6.29 Å². The quantitative estimate of drug-likeness (QED) is 0.692. The summed E-state index contributed by atoms with van der Waals surface area (Å²) in [5.74, 6) is -1.59. The molecular weight excluding hydrogens is 188 g/mol. The zero-order valence-corrected chi connectivity index (χ0v) is 7.26. The highest BCUT2D eigenvalue weighted by atomic mass is 19.1. The number of nitriles is 1. The molecule has 0 spiro atoms. The minimum absolute atomic E-state index is 0.160. The van der Waals surface area contributed by atoms with Gasteiger partial charge in [0.15, 0.2) is 0 Å². The Morgan fingerprint density at radius 2 is 2.07 bits per heavy atom. The van der Waals surface area contributed by atoms with Crippen molar-refractivity contribution in [3.05, 3.63) is 34.9 Å². The van der Waals surface area contributed by atoms with Crippen LogP contribution >= 0.6 is 0 Å². The van der Waals surface area contributed by atoms with Crippen LogP contribution in [0, 0.1) is 23.0 Å². The first-order valence-corrected chi connectivity index (χ1v) is 4.00. The van der Waals surface area contributed by atoms with Gasteiger partial charge in [0.1, 0.15) is 24.0 Å². The lowest BCUT2D eigenvalue weighted by atomic mass is 10.1. The van der Waals surface area contributed by atoms with E-state index >= 15 is 0 Å². The molecule has 0 unspecified atom stereocenters. The zero-order valence-electron chi connectivity index (χ0n) is 7.26. The Labute approximate surface area is 79.8 Å². The van der Waals surface area contributed by atoms with E-state index in [4.69, 9.17) is 5.26 Å². The summed E-state index contributed by atoms with van der Waals surface area (Å²) in [5.41, 5.74) is -0.0117. The Bertz CT molecular complexity index is 396. The molecule has 0 N–H and O–H groups in total. The molecule has 0 bridgehead atoms. The molecule has 0 aliphatic carbocycles.